The average molecular weight is 281 g/mol. The van der Waals surface area contributed by atoms with Gasteiger partial charge in [0.05, 0.1) is 0 Å². The van der Waals surface area contributed by atoms with Crippen molar-refractivity contribution >= 4 is 0 Å². The Morgan fingerprint density at radius 3 is 2.67 bits per heavy atom. The third kappa shape index (κ3) is 2.91. The van der Waals surface area contributed by atoms with Crippen molar-refractivity contribution in [1.29, 1.82) is 0 Å². The first kappa shape index (κ1) is 13.3. The Labute approximate surface area is 122 Å². The molecule has 3 aromatic rings. The second-order valence-corrected chi connectivity index (χ2v) is 4.70. The van der Waals surface area contributed by atoms with Gasteiger partial charge in [0.2, 0.25) is 5.82 Å². The van der Waals surface area contributed by atoms with E-state index in [9.17, 15) is 0 Å². The molecule has 2 aromatic heterocycles. The van der Waals surface area contributed by atoms with Crippen LogP contribution in [0.1, 0.15) is 24.5 Å². The lowest BCUT2D eigenvalue weighted by atomic mass is 10.2. The lowest BCUT2D eigenvalue weighted by Crippen LogP contribution is -2.04. The molecule has 0 saturated carbocycles. The molecule has 2 heterocycles. The quantitative estimate of drug-likeness (QED) is 0.731. The van der Waals surface area contributed by atoms with Crippen molar-refractivity contribution in [2.45, 2.75) is 20.0 Å². The normalized spacial score (nSPS) is 12.1. The fraction of sp³-hybridized carbons (Fsp3) is 0.188. The minimum Gasteiger partial charge on any atom is -0.481 e. The standard InChI is InChI=1S/C16H15N3O2/c1-11-7-3-4-9-14(11)20-12(2)16-18-15(19-21-16)13-8-5-6-10-17-13/h3-10,12H,1-2H3/t12-/m0/s1. The number of rotatable bonds is 4. The van der Waals surface area contributed by atoms with Crippen LogP contribution < -0.4 is 4.74 Å². The molecule has 0 fully saturated rings. The largest absolute Gasteiger partial charge is 0.481 e. The van der Waals surface area contributed by atoms with Gasteiger partial charge in [-0.25, -0.2) is 0 Å². The summed E-state index contributed by atoms with van der Waals surface area (Å²) in [7, 11) is 0. The molecule has 0 aliphatic carbocycles. The molecule has 0 aliphatic rings. The lowest BCUT2D eigenvalue weighted by molar-refractivity contribution is 0.175. The van der Waals surface area contributed by atoms with E-state index in [1.165, 1.54) is 0 Å². The van der Waals surface area contributed by atoms with Crippen molar-refractivity contribution in [3.05, 3.63) is 60.1 Å². The number of aryl methyl sites for hydroxylation is 1. The van der Waals surface area contributed by atoms with Crippen LogP contribution in [-0.4, -0.2) is 15.1 Å². The van der Waals surface area contributed by atoms with Crippen LogP contribution in [-0.2, 0) is 0 Å². The van der Waals surface area contributed by atoms with E-state index in [1.807, 2.05) is 56.3 Å². The van der Waals surface area contributed by atoms with E-state index in [4.69, 9.17) is 9.26 Å². The van der Waals surface area contributed by atoms with E-state index < -0.39 is 0 Å². The molecule has 0 amide bonds. The summed E-state index contributed by atoms with van der Waals surface area (Å²) in [5, 5.41) is 3.94. The second-order valence-electron chi connectivity index (χ2n) is 4.70. The highest BCUT2D eigenvalue weighted by atomic mass is 16.5. The Kier molecular flexibility index (Phi) is 3.64. The maximum Gasteiger partial charge on any atom is 0.267 e. The predicted molar refractivity (Wildman–Crippen MR) is 77.8 cm³/mol. The highest BCUT2D eigenvalue weighted by Crippen LogP contribution is 2.24. The zero-order chi connectivity index (χ0) is 14.7. The first-order chi connectivity index (χ1) is 10.2. The van der Waals surface area contributed by atoms with Gasteiger partial charge in [-0.3, -0.25) is 4.98 Å². The SMILES string of the molecule is Cc1ccccc1O[C@@H](C)c1nc(-c2ccccn2)no1. The highest BCUT2D eigenvalue weighted by Gasteiger charge is 2.17. The summed E-state index contributed by atoms with van der Waals surface area (Å²) in [6.45, 7) is 3.87. The zero-order valence-electron chi connectivity index (χ0n) is 11.9. The Morgan fingerprint density at radius 1 is 1.10 bits per heavy atom. The summed E-state index contributed by atoms with van der Waals surface area (Å²) in [5.74, 6) is 1.70. The molecule has 106 valence electrons. The van der Waals surface area contributed by atoms with E-state index in [0.29, 0.717) is 17.4 Å². The van der Waals surface area contributed by atoms with Gasteiger partial charge >= 0.3 is 0 Å². The molecule has 1 aromatic carbocycles. The average Bonchev–Trinajstić information content (AvgIpc) is 3.00. The Balaban J connectivity index is 1.79. The molecular weight excluding hydrogens is 266 g/mol. The maximum atomic E-state index is 5.86. The molecule has 5 nitrogen and oxygen atoms in total. The molecule has 0 unspecified atom stereocenters. The maximum absolute atomic E-state index is 5.86. The van der Waals surface area contributed by atoms with Crippen LogP contribution in [0.4, 0.5) is 0 Å². The molecule has 1 atom stereocenters. The van der Waals surface area contributed by atoms with Crippen LogP contribution >= 0.6 is 0 Å². The molecule has 0 saturated heterocycles. The summed E-state index contributed by atoms with van der Waals surface area (Å²) >= 11 is 0. The lowest BCUT2D eigenvalue weighted by Gasteiger charge is -2.12. The number of ether oxygens (including phenoxy) is 1. The summed E-state index contributed by atoms with van der Waals surface area (Å²) in [6.07, 6.45) is 1.37. The monoisotopic (exact) mass is 281 g/mol. The third-order valence-electron chi connectivity index (χ3n) is 3.08. The van der Waals surface area contributed by atoms with Gasteiger partial charge in [-0.05, 0) is 37.6 Å². The molecular formula is C16H15N3O2. The molecule has 0 N–H and O–H groups in total. The van der Waals surface area contributed by atoms with Gasteiger partial charge in [0.15, 0.2) is 6.10 Å². The van der Waals surface area contributed by atoms with Crippen LogP contribution in [0.15, 0.2) is 53.2 Å². The van der Waals surface area contributed by atoms with Gasteiger partial charge in [0.1, 0.15) is 11.4 Å². The number of nitrogens with zero attached hydrogens (tertiary/aromatic N) is 3. The zero-order valence-corrected chi connectivity index (χ0v) is 11.9. The van der Waals surface area contributed by atoms with Gasteiger partial charge in [0.25, 0.3) is 5.89 Å². The van der Waals surface area contributed by atoms with E-state index in [1.54, 1.807) is 6.20 Å². The molecule has 21 heavy (non-hydrogen) atoms. The van der Waals surface area contributed by atoms with Gasteiger partial charge in [-0.15, -0.1) is 0 Å². The number of benzene rings is 1. The summed E-state index contributed by atoms with van der Waals surface area (Å²) in [4.78, 5) is 8.53. The summed E-state index contributed by atoms with van der Waals surface area (Å²) in [6, 6.07) is 13.4. The summed E-state index contributed by atoms with van der Waals surface area (Å²) in [5.41, 5.74) is 1.74. The highest BCUT2D eigenvalue weighted by molar-refractivity contribution is 5.47. The number of hydrogen-bond acceptors (Lipinski definition) is 5. The van der Waals surface area contributed by atoms with Gasteiger partial charge in [0, 0.05) is 6.20 Å². The second kappa shape index (κ2) is 5.75. The minimum atomic E-state index is -0.323. The van der Waals surface area contributed by atoms with Crippen LogP contribution in [0.3, 0.4) is 0 Å². The molecule has 3 rings (SSSR count). The van der Waals surface area contributed by atoms with Crippen molar-refractivity contribution in [3.8, 4) is 17.3 Å². The molecule has 0 aliphatic heterocycles. The number of aromatic nitrogens is 3. The Morgan fingerprint density at radius 2 is 1.90 bits per heavy atom. The fourth-order valence-corrected chi connectivity index (χ4v) is 1.93. The Bertz CT molecular complexity index is 725. The van der Waals surface area contributed by atoms with E-state index >= 15 is 0 Å². The van der Waals surface area contributed by atoms with Crippen LogP contribution in [0.25, 0.3) is 11.5 Å². The number of para-hydroxylation sites is 1. The number of pyridine rings is 1. The molecule has 0 spiro atoms. The molecule has 5 heteroatoms. The van der Waals surface area contributed by atoms with Gasteiger partial charge in [-0.1, -0.05) is 29.4 Å². The van der Waals surface area contributed by atoms with Crippen molar-refractivity contribution in [3.63, 3.8) is 0 Å². The Hall–Kier alpha value is -2.69. The smallest absolute Gasteiger partial charge is 0.267 e. The fourth-order valence-electron chi connectivity index (χ4n) is 1.93. The summed E-state index contributed by atoms with van der Waals surface area (Å²) < 4.78 is 11.1. The van der Waals surface area contributed by atoms with Gasteiger partial charge in [-0.2, -0.15) is 4.98 Å². The third-order valence-corrected chi connectivity index (χ3v) is 3.08. The van der Waals surface area contributed by atoms with Crippen LogP contribution in [0.5, 0.6) is 5.75 Å². The predicted octanol–water partition coefficient (Wildman–Crippen LogP) is 3.58. The molecule has 0 bridgehead atoms. The van der Waals surface area contributed by atoms with E-state index in [0.717, 1.165) is 11.3 Å². The van der Waals surface area contributed by atoms with E-state index in [2.05, 4.69) is 15.1 Å². The van der Waals surface area contributed by atoms with Gasteiger partial charge < -0.3 is 9.26 Å². The number of hydrogen-bond donors (Lipinski definition) is 0. The first-order valence-electron chi connectivity index (χ1n) is 6.71. The van der Waals surface area contributed by atoms with Crippen LogP contribution in [0, 0.1) is 6.92 Å². The molecule has 0 radical (unpaired) electrons. The van der Waals surface area contributed by atoms with Crippen molar-refractivity contribution < 1.29 is 9.26 Å². The van der Waals surface area contributed by atoms with Crippen LogP contribution in [0.2, 0.25) is 0 Å². The minimum absolute atomic E-state index is 0.323. The van der Waals surface area contributed by atoms with E-state index in [-0.39, 0.29) is 6.10 Å². The topological polar surface area (TPSA) is 61.0 Å². The van der Waals surface area contributed by atoms with Crippen molar-refractivity contribution in [2.24, 2.45) is 0 Å². The first-order valence-corrected chi connectivity index (χ1v) is 6.71. The van der Waals surface area contributed by atoms with Crippen molar-refractivity contribution in [2.75, 3.05) is 0 Å². The van der Waals surface area contributed by atoms with Crippen molar-refractivity contribution in [1.82, 2.24) is 15.1 Å².